The number of benzene rings is 1. The third-order valence-corrected chi connectivity index (χ3v) is 3.70. The monoisotopic (exact) mass is 285 g/mol. The van der Waals surface area contributed by atoms with Crippen LogP contribution in [0, 0.1) is 0 Å². The molecule has 0 saturated carbocycles. The maximum atomic E-state index is 5.92. The van der Waals surface area contributed by atoms with Crippen molar-refractivity contribution in [2.45, 2.75) is 25.9 Å². The first kappa shape index (κ1) is 13.9. The molecule has 1 aliphatic rings. The molecule has 0 spiro atoms. The zero-order valence-electron chi connectivity index (χ0n) is 12.3. The van der Waals surface area contributed by atoms with Crippen LogP contribution in [0.4, 0.5) is 0 Å². The van der Waals surface area contributed by atoms with Crippen molar-refractivity contribution in [3.05, 3.63) is 47.7 Å². The molecule has 4 heteroatoms. The van der Waals surface area contributed by atoms with E-state index in [1.165, 1.54) is 11.1 Å². The lowest BCUT2D eigenvalue weighted by molar-refractivity contribution is 0.0640. The van der Waals surface area contributed by atoms with Crippen molar-refractivity contribution in [3.8, 4) is 17.4 Å². The quantitative estimate of drug-likeness (QED) is 0.835. The molecular weight excluding hydrogens is 266 g/mol. The van der Waals surface area contributed by atoms with Gasteiger partial charge in [0, 0.05) is 18.2 Å². The molecule has 1 heterocycles. The van der Waals surface area contributed by atoms with Gasteiger partial charge in [-0.2, -0.15) is 0 Å². The van der Waals surface area contributed by atoms with Crippen LogP contribution in [0.25, 0.3) is 0 Å². The molecule has 0 N–H and O–H groups in total. The summed E-state index contributed by atoms with van der Waals surface area (Å²) < 4.78 is 16.8. The second-order valence-corrected chi connectivity index (χ2v) is 4.94. The Kier molecular flexibility index (Phi) is 4.06. The highest BCUT2D eigenvalue weighted by Crippen LogP contribution is 2.40. The Balaban J connectivity index is 1.83. The Morgan fingerprint density at radius 2 is 2.14 bits per heavy atom. The molecule has 21 heavy (non-hydrogen) atoms. The highest BCUT2D eigenvalue weighted by Gasteiger charge is 2.25. The van der Waals surface area contributed by atoms with Crippen molar-refractivity contribution in [1.82, 2.24) is 4.98 Å². The molecule has 1 atom stereocenters. The van der Waals surface area contributed by atoms with E-state index in [0.717, 1.165) is 30.9 Å². The normalized spacial score (nSPS) is 16.6. The van der Waals surface area contributed by atoms with E-state index in [1.807, 2.05) is 31.2 Å². The van der Waals surface area contributed by atoms with Crippen LogP contribution in [-0.4, -0.2) is 18.7 Å². The predicted octanol–water partition coefficient (Wildman–Crippen LogP) is 3.91. The number of hydrogen-bond acceptors (Lipinski definition) is 4. The van der Waals surface area contributed by atoms with Gasteiger partial charge in [0.15, 0.2) is 0 Å². The minimum atomic E-state index is 0.192. The summed E-state index contributed by atoms with van der Waals surface area (Å²) in [5, 5.41) is 0. The van der Waals surface area contributed by atoms with Gasteiger partial charge in [-0.25, -0.2) is 4.98 Å². The molecule has 0 radical (unpaired) electrons. The molecule has 0 aliphatic heterocycles. The van der Waals surface area contributed by atoms with Gasteiger partial charge in [0.1, 0.15) is 11.5 Å². The van der Waals surface area contributed by atoms with E-state index in [-0.39, 0.29) is 6.10 Å². The second kappa shape index (κ2) is 6.14. The summed E-state index contributed by atoms with van der Waals surface area (Å²) >= 11 is 0. The molecule has 1 aromatic carbocycles. The minimum Gasteiger partial charge on any atom is -0.495 e. The summed E-state index contributed by atoms with van der Waals surface area (Å²) in [5.74, 6) is 2.16. The second-order valence-electron chi connectivity index (χ2n) is 4.94. The molecule has 1 unspecified atom stereocenters. The van der Waals surface area contributed by atoms with E-state index < -0.39 is 0 Å². The average Bonchev–Trinajstić information content (AvgIpc) is 2.93. The maximum absolute atomic E-state index is 5.92. The largest absolute Gasteiger partial charge is 0.495 e. The molecule has 2 aromatic rings. The van der Waals surface area contributed by atoms with Crippen molar-refractivity contribution < 1.29 is 14.2 Å². The van der Waals surface area contributed by atoms with Gasteiger partial charge in [0.2, 0.25) is 5.88 Å². The molecule has 0 saturated heterocycles. The lowest BCUT2D eigenvalue weighted by Gasteiger charge is -2.13. The third kappa shape index (κ3) is 2.85. The number of nitrogens with zero attached hydrogens (tertiary/aromatic N) is 1. The van der Waals surface area contributed by atoms with Crippen LogP contribution in [0.5, 0.6) is 17.4 Å². The fraction of sp³-hybridized carbons (Fsp3) is 0.353. The highest BCUT2D eigenvalue weighted by atomic mass is 16.5. The van der Waals surface area contributed by atoms with Crippen molar-refractivity contribution in [3.63, 3.8) is 0 Å². The Morgan fingerprint density at radius 3 is 2.86 bits per heavy atom. The number of aromatic nitrogens is 1. The molecule has 4 nitrogen and oxygen atoms in total. The summed E-state index contributed by atoms with van der Waals surface area (Å²) in [7, 11) is 1.62. The Bertz CT molecular complexity index is 610. The van der Waals surface area contributed by atoms with Crippen molar-refractivity contribution in [2.24, 2.45) is 0 Å². The first-order valence-corrected chi connectivity index (χ1v) is 7.23. The van der Waals surface area contributed by atoms with Gasteiger partial charge in [-0.3, -0.25) is 0 Å². The van der Waals surface area contributed by atoms with Crippen molar-refractivity contribution in [1.29, 1.82) is 0 Å². The van der Waals surface area contributed by atoms with Gasteiger partial charge in [0.05, 0.1) is 19.4 Å². The Hall–Kier alpha value is -2.07. The summed E-state index contributed by atoms with van der Waals surface area (Å²) in [5.41, 5.74) is 2.47. The van der Waals surface area contributed by atoms with Gasteiger partial charge in [0.25, 0.3) is 0 Å². The van der Waals surface area contributed by atoms with Gasteiger partial charge in [-0.05, 0) is 37.5 Å². The summed E-state index contributed by atoms with van der Waals surface area (Å²) in [6.45, 7) is 2.76. The van der Waals surface area contributed by atoms with Crippen LogP contribution >= 0.6 is 0 Å². The van der Waals surface area contributed by atoms with E-state index in [1.54, 1.807) is 13.3 Å². The molecule has 110 valence electrons. The minimum absolute atomic E-state index is 0.192. The summed E-state index contributed by atoms with van der Waals surface area (Å²) in [4.78, 5) is 4.25. The Labute approximate surface area is 124 Å². The molecule has 0 fully saturated rings. The van der Waals surface area contributed by atoms with Crippen LogP contribution < -0.4 is 9.47 Å². The van der Waals surface area contributed by atoms with Gasteiger partial charge >= 0.3 is 0 Å². The van der Waals surface area contributed by atoms with E-state index in [2.05, 4.69) is 11.1 Å². The number of rotatable bonds is 5. The van der Waals surface area contributed by atoms with Gasteiger partial charge < -0.3 is 14.2 Å². The maximum Gasteiger partial charge on any atom is 0.219 e. The van der Waals surface area contributed by atoms with Gasteiger partial charge in [-0.15, -0.1) is 0 Å². The molecule has 1 aromatic heterocycles. The molecule has 0 bridgehead atoms. The van der Waals surface area contributed by atoms with Gasteiger partial charge in [-0.1, -0.05) is 12.1 Å². The molecule has 0 amide bonds. The van der Waals surface area contributed by atoms with E-state index >= 15 is 0 Å². The fourth-order valence-corrected chi connectivity index (χ4v) is 2.71. The highest BCUT2D eigenvalue weighted by molar-refractivity contribution is 5.46. The molecule has 3 rings (SSSR count). The summed E-state index contributed by atoms with van der Waals surface area (Å²) in [6, 6.07) is 9.77. The zero-order chi connectivity index (χ0) is 14.7. The van der Waals surface area contributed by atoms with E-state index in [9.17, 15) is 0 Å². The first-order valence-electron chi connectivity index (χ1n) is 7.23. The number of pyridine rings is 1. The standard InChI is InChI=1S/C17H19NO3/c1-3-20-15-9-8-14-13(15)5-4-6-16(14)21-17-10-7-12(19-2)11-18-17/h4-7,10-11,15H,3,8-9H2,1-2H3. The van der Waals surface area contributed by atoms with Crippen LogP contribution in [0.15, 0.2) is 36.5 Å². The fourth-order valence-electron chi connectivity index (χ4n) is 2.71. The van der Waals surface area contributed by atoms with Crippen LogP contribution in [0.2, 0.25) is 0 Å². The zero-order valence-corrected chi connectivity index (χ0v) is 12.3. The third-order valence-electron chi connectivity index (χ3n) is 3.70. The number of fused-ring (bicyclic) bond motifs is 1. The van der Waals surface area contributed by atoms with Crippen molar-refractivity contribution >= 4 is 0 Å². The average molecular weight is 285 g/mol. The lowest BCUT2D eigenvalue weighted by Crippen LogP contribution is -1.99. The lowest BCUT2D eigenvalue weighted by atomic mass is 10.1. The molecular formula is C17H19NO3. The van der Waals surface area contributed by atoms with E-state index in [4.69, 9.17) is 14.2 Å². The first-order chi connectivity index (χ1) is 10.3. The number of ether oxygens (including phenoxy) is 3. The summed E-state index contributed by atoms with van der Waals surface area (Å²) in [6.07, 6.45) is 3.84. The van der Waals surface area contributed by atoms with Crippen LogP contribution in [0.1, 0.15) is 30.6 Å². The van der Waals surface area contributed by atoms with Crippen LogP contribution in [0.3, 0.4) is 0 Å². The smallest absolute Gasteiger partial charge is 0.219 e. The molecule has 1 aliphatic carbocycles. The van der Waals surface area contributed by atoms with Crippen LogP contribution in [-0.2, 0) is 11.2 Å². The van der Waals surface area contributed by atoms with E-state index in [0.29, 0.717) is 5.88 Å². The number of methoxy groups -OCH3 is 1. The number of hydrogen-bond donors (Lipinski definition) is 0. The Morgan fingerprint density at radius 1 is 1.24 bits per heavy atom. The SMILES string of the molecule is CCOC1CCc2c(Oc3ccc(OC)cn3)cccc21. The topological polar surface area (TPSA) is 40.6 Å². The predicted molar refractivity (Wildman–Crippen MR) is 80.0 cm³/mol. The van der Waals surface area contributed by atoms with Crippen molar-refractivity contribution in [2.75, 3.05) is 13.7 Å².